The monoisotopic (exact) mass is 488 g/mol. The fourth-order valence-electron chi connectivity index (χ4n) is 3.90. The number of halogens is 1. The van der Waals surface area contributed by atoms with Gasteiger partial charge in [0.1, 0.15) is 0 Å². The Bertz CT molecular complexity index is 1270. The molecule has 1 N–H and O–H groups in total. The Morgan fingerprint density at radius 3 is 2.58 bits per heavy atom. The minimum atomic E-state index is -3.73. The molecule has 0 atom stereocenters. The van der Waals surface area contributed by atoms with Crippen LogP contribution in [0.3, 0.4) is 0 Å². The maximum Gasteiger partial charge on any atom is 0.243 e. The molecule has 1 aliphatic heterocycles. The minimum Gasteiger partial charge on any atom is -0.352 e. The molecular formula is C23H25ClN4O4S. The SMILES string of the molecule is Cc1nc(-c2ccc(C)c(S(=O)(=O)N3CCC(C(=O)NCc4ccccc4Cl)CC3)c2)no1. The first-order valence-electron chi connectivity index (χ1n) is 10.7. The second kappa shape index (κ2) is 9.62. The van der Waals surface area contributed by atoms with Crippen LogP contribution in [0.4, 0.5) is 0 Å². The van der Waals surface area contributed by atoms with Crippen molar-refractivity contribution in [2.24, 2.45) is 5.92 Å². The van der Waals surface area contributed by atoms with Crippen LogP contribution in [0.5, 0.6) is 0 Å². The molecule has 1 aromatic heterocycles. The van der Waals surface area contributed by atoms with E-state index in [9.17, 15) is 13.2 Å². The maximum absolute atomic E-state index is 13.4. The highest BCUT2D eigenvalue weighted by molar-refractivity contribution is 7.89. The van der Waals surface area contributed by atoms with Gasteiger partial charge >= 0.3 is 0 Å². The lowest BCUT2D eigenvalue weighted by Gasteiger charge is -2.31. The molecule has 1 saturated heterocycles. The lowest BCUT2D eigenvalue weighted by Crippen LogP contribution is -2.43. The van der Waals surface area contributed by atoms with Crippen LogP contribution in [0.2, 0.25) is 5.02 Å². The van der Waals surface area contributed by atoms with Gasteiger partial charge in [-0.1, -0.05) is 47.1 Å². The molecule has 2 heterocycles. The van der Waals surface area contributed by atoms with Crippen molar-refractivity contribution in [1.82, 2.24) is 19.8 Å². The highest BCUT2D eigenvalue weighted by Gasteiger charge is 2.33. The Hall–Kier alpha value is -2.75. The Morgan fingerprint density at radius 1 is 1.18 bits per heavy atom. The molecule has 0 aliphatic carbocycles. The third-order valence-electron chi connectivity index (χ3n) is 5.83. The summed E-state index contributed by atoms with van der Waals surface area (Å²) in [5.74, 6) is 0.425. The van der Waals surface area contributed by atoms with Gasteiger partial charge in [0.25, 0.3) is 0 Å². The predicted octanol–water partition coefficient (Wildman–Crippen LogP) is 3.72. The molecule has 0 saturated carbocycles. The zero-order chi connectivity index (χ0) is 23.6. The summed E-state index contributed by atoms with van der Waals surface area (Å²) in [6.45, 7) is 4.33. The van der Waals surface area contributed by atoms with Crippen molar-refractivity contribution in [1.29, 1.82) is 0 Å². The lowest BCUT2D eigenvalue weighted by atomic mass is 9.97. The second-order valence-corrected chi connectivity index (χ2v) is 10.4. The normalized spacial score (nSPS) is 15.5. The van der Waals surface area contributed by atoms with E-state index in [1.54, 1.807) is 38.1 Å². The van der Waals surface area contributed by atoms with Crippen LogP contribution in [0.1, 0.15) is 29.9 Å². The number of hydrogen-bond acceptors (Lipinski definition) is 6. The summed E-state index contributed by atoms with van der Waals surface area (Å²) in [5.41, 5.74) is 2.06. The number of rotatable bonds is 6. The Kier molecular flexibility index (Phi) is 6.83. The van der Waals surface area contributed by atoms with Crippen LogP contribution in [0.15, 0.2) is 51.9 Å². The zero-order valence-corrected chi connectivity index (χ0v) is 20.0. The number of piperidine rings is 1. The molecule has 1 amide bonds. The van der Waals surface area contributed by atoms with Gasteiger partial charge in [0, 0.05) is 43.1 Å². The smallest absolute Gasteiger partial charge is 0.243 e. The number of aryl methyl sites for hydroxylation is 2. The quantitative estimate of drug-likeness (QED) is 0.566. The molecule has 1 fully saturated rings. The average molecular weight is 489 g/mol. The number of nitrogens with zero attached hydrogens (tertiary/aromatic N) is 3. The average Bonchev–Trinajstić information content (AvgIpc) is 3.25. The minimum absolute atomic E-state index is 0.0855. The molecule has 1 aliphatic rings. The highest BCUT2D eigenvalue weighted by Crippen LogP contribution is 2.29. The maximum atomic E-state index is 13.4. The van der Waals surface area contributed by atoms with Gasteiger partial charge in [0.15, 0.2) is 0 Å². The fraction of sp³-hybridized carbons (Fsp3) is 0.348. The topological polar surface area (TPSA) is 105 Å². The van der Waals surface area contributed by atoms with Crippen molar-refractivity contribution >= 4 is 27.5 Å². The first kappa shape index (κ1) is 23.4. The number of carbonyl (C=O) groups is 1. The van der Waals surface area contributed by atoms with Gasteiger partial charge in [-0.3, -0.25) is 4.79 Å². The molecule has 10 heteroatoms. The summed E-state index contributed by atoms with van der Waals surface area (Å²) >= 11 is 6.15. The number of carbonyl (C=O) groups excluding carboxylic acids is 1. The van der Waals surface area contributed by atoms with E-state index in [4.69, 9.17) is 16.1 Å². The van der Waals surface area contributed by atoms with Crippen LogP contribution in [-0.2, 0) is 21.4 Å². The van der Waals surface area contributed by atoms with E-state index in [2.05, 4.69) is 15.5 Å². The van der Waals surface area contributed by atoms with Gasteiger partial charge in [-0.15, -0.1) is 0 Å². The van der Waals surface area contributed by atoms with Crippen molar-refractivity contribution in [2.45, 2.75) is 38.1 Å². The summed E-state index contributed by atoms with van der Waals surface area (Å²) in [6.07, 6.45) is 0.909. The van der Waals surface area contributed by atoms with E-state index >= 15 is 0 Å². The molecule has 8 nitrogen and oxygen atoms in total. The third-order valence-corrected chi connectivity index (χ3v) is 8.24. The van der Waals surface area contributed by atoms with Crippen molar-refractivity contribution in [2.75, 3.05) is 13.1 Å². The van der Waals surface area contributed by atoms with Gasteiger partial charge in [-0.25, -0.2) is 8.42 Å². The fourth-order valence-corrected chi connectivity index (χ4v) is 5.82. The van der Waals surface area contributed by atoms with E-state index in [1.165, 1.54) is 4.31 Å². The zero-order valence-electron chi connectivity index (χ0n) is 18.4. The number of aromatic nitrogens is 2. The molecule has 0 bridgehead atoms. The Balaban J connectivity index is 1.42. The van der Waals surface area contributed by atoms with E-state index in [1.807, 2.05) is 18.2 Å². The number of nitrogens with one attached hydrogen (secondary N) is 1. The van der Waals surface area contributed by atoms with E-state index < -0.39 is 10.0 Å². The summed E-state index contributed by atoms with van der Waals surface area (Å²) in [4.78, 5) is 17.0. The predicted molar refractivity (Wildman–Crippen MR) is 124 cm³/mol. The van der Waals surface area contributed by atoms with Crippen LogP contribution >= 0.6 is 11.6 Å². The molecule has 0 unspecified atom stereocenters. The van der Waals surface area contributed by atoms with Crippen molar-refractivity contribution in [3.63, 3.8) is 0 Å². The van der Waals surface area contributed by atoms with E-state index in [0.29, 0.717) is 47.3 Å². The number of hydrogen-bond donors (Lipinski definition) is 1. The van der Waals surface area contributed by atoms with Gasteiger partial charge < -0.3 is 9.84 Å². The summed E-state index contributed by atoms with van der Waals surface area (Å²) in [6, 6.07) is 12.4. The summed E-state index contributed by atoms with van der Waals surface area (Å²) < 4.78 is 33.2. The lowest BCUT2D eigenvalue weighted by molar-refractivity contribution is -0.126. The number of benzene rings is 2. The molecule has 33 heavy (non-hydrogen) atoms. The third kappa shape index (κ3) is 5.10. The van der Waals surface area contributed by atoms with Gasteiger partial charge in [0.05, 0.1) is 4.90 Å². The molecule has 2 aromatic carbocycles. The molecule has 3 aromatic rings. The van der Waals surface area contributed by atoms with Crippen molar-refractivity contribution in [3.05, 3.63) is 64.5 Å². The standard InChI is InChI=1S/C23H25ClN4O4S/c1-15-7-8-18(22-26-16(2)32-27-22)13-21(15)33(30,31)28-11-9-17(10-12-28)23(29)25-14-19-5-3-4-6-20(19)24/h3-8,13,17H,9-12,14H2,1-2H3,(H,25,29). The number of sulfonamides is 1. The molecular weight excluding hydrogens is 464 g/mol. The van der Waals surface area contributed by atoms with Crippen LogP contribution in [0, 0.1) is 19.8 Å². The largest absolute Gasteiger partial charge is 0.352 e. The second-order valence-electron chi connectivity index (χ2n) is 8.10. The Labute approximate surface area is 198 Å². The Morgan fingerprint density at radius 2 is 1.91 bits per heavy atom. The first-order chi connectivity index (χ1) is 15.8. The van der Waals surface area contributed by atoms with Gasteiger partial charge in [-0.2, -0.15) is 9.29 Å². The van der Waals surface area contributed by atoms with E-state index in [0.717, 1.165) is 5.56 Å². The van der Waals surface area contributed by atoms with Gasteiger partial charge in [0.2, 0.25) is 27.6 Å². The molecule has 174 valence electrons. The van der Waals surface area contributed by atoms with Crippen LogP contribution in [-0.4, -0.2) is 41.9 Å². The summed E-state index contributed by atoms with van der Waals surface area (Å²) in [7, 11) is -3.73. The summed E-state index contributed by atoms with van der Waals surface area (Å²) in [5, 5.41) is 7.40. The number of amides is 1. The molecule has 0 spiro atoms. The van der Waals surface area contributed by atoms with Gasteiger partial charge in [-0.05, 0) is 43.0 Å². The molecule has 4 rings (SSSR count). The van der Waals surface area contributed by atoms with Crippen LogP contribution in [0.25, 0.3) is 11.4 Å². The van der Waals surface area contributed by atoms with Crippen molar-refractivity contribution < 1.29 is 17.7 Å². The van der Waals surface area contributed by atoms with Crippen molar-refractivity contribution in [3.8, 4) is 11.4 Å². The first-order valence-corrected chi connectivity index (χ1v) is 12.5. The molecule has 0 radical (unpaired) electrons. The van der Waals surface area contributed by atoms with Crippen LogP contribution < -0.4 is 5.32 Å². The highest BCUT2D eigenvalue weighted by atomic mass is 35.5. The van der Waals surface area contributed by atoms with E-state index in [-0.39, 0.29) is 29.8 Å².